The second-order valence-corrected chi connectivity index (χ2v) is 12.0. The number of hydrogen-bond acceptors (Lipinski definition) is 6. The number of carbonyl (C=O) groups is 1. The normalized spacial score (nSPS) is 29.4. The Balaban J connectivity index is 0.00000186. The number of amidine groups is 1. The SMILES string of the molecule is C=C(C)SC(=NC)NC(=O)CCC1C/C(=N\OC)C2(C)CCC3c4ccc(O)c(C)c4CCC3C12.CC. The van der Waals surface area contributed by atoms with Crippen molar-refractivity contribution in [2.75, 3.05) is 14.2 Å². The van der Waals surface area contributed by atoms with E-state index in [-0.39, 0.29) is 11.3 Å². The Kier molecular flexibility index (Phi) is 9.90. The first-order valence-corrected chi connectivity index (χ1v) is 14.5. The Morgan fingerprint density at radius 1 is 1.32 bits per heavy atom. The van der Waals surface area contributed by atoms with Gasteiger partial charge in [-0.3, -0.25) is 9.79 Å². The lowest BCUT2D eigenvalue weighted by Crippen LogP contribution is -2.44. The molecule has 0 spiro atoms. The molecule has 3 aliphatic rings. The number of allylic oxidation sites excluding steroid dienone is 1. The van der Waals surface area contributed by atoms with Gasteiger partial charge in [-0.15, -0.1) is 0 Å². The van der Waals surface area contributed by atoms with Crippen molar-refractivity contribution in [2.24, 2.45) is 33.3 Å². The summed E-state index contributed by atoms with van der Waals surface area (Å²) in [5.74, 6) is 2.32. The first kappa shape index (κ1) is 29.3. The zero-order valence-corrected chi connectivity index (χ0v) is 24.5. The molecule has 1 aromatic carbocycles. The second-order valence-electron chi connectivity index (χ2n) is 10.7. The van der Waals surface area contributed by atoms with Gasteiger partial charge in [0.1, 0.15) is 12.9 Å². The molecule has 2 N–H and O–H groups in total. The number of thioether (sulfide) groups is 1. The highest BCUT2D eigenvalue weighted by Gasteiger charge is 2.57. The number of nitrogens with zero attached hydrogens (tertiary/aromatic N) is 2. The van der Waals surface area contributed by atoms with Gasteiger partial charge in [0, 0.05) is 18.9 Å². The Hall–Kier alpha value is -2.28. The highest BCUT2D eigenvalue weighted by molar-refractivity contribution is 8.17. The fraction of sp³-hybridized carbons (Fsp3) is 0.633. The van der Waals surface area contributed by atoms with Crippen LogP contribution in [0.5, 0.6) is 5.75 Å². The third kappa shape index (κ3) is 5.92. The smallest absolute Gasteiger partial charge is 0.225 e. The van der Waals surface area contributed by atoms with Crippen molar-refractivity contribution in [1.82, 2.24) is 5.32 Å². The lowest BCUT2D eigenvalue weighted by molar-refractivity contribution is -0.120. The van der Waals surface area contributed by atoms with Crippen LogP contribution >= 0.6 is 11.8 Å². The quantitative estimate of drug-likeness (QED) is 0.246. The number of rotatable bonds is 5. The number of aliphatic imine (C=N–C) groups is 1. The molecular formula is C30H45N3O3S. The molecule has 4 rings (SSSR count). The number of hydrogen-bond donors (Lipinski definition) is 2. The summed E-state index contributed by atoms with van der Waals surface area (Å²) in [5, 5.41) is 18.3. The summed E-state index contributed by atoms with van der Waals surface area (Å²) in [4.78, 5) is 23.2. The highest BCUT2D eigenvalue weighted by atomic mass is 32.2. The maximum Gasteiger partial charge on any atom is 0.225 e. The molecule has 6 nitrogen and oxygen atoms in total. The number of phenolic OH excluding ortho intramolecular Hbond substituents is 1. The molecule has 0 bridgehead atoms. The van der Waals surface area contributed by atoms with Gasteiger partial charge in [-0.1, -0.05) is 50.3 Å². The molecule has 2 saturated carbocycles. The van der Waals surface area contributed by atoms with Gasteiger partial charge in [-0.25, -0.2) is 0 Å². The molecule has 1 amide bonds. The van der Waals surface area contributed by atoms with Crippen molar-refractivity contribution in [3.05, 3.63) is 40.3 Å². The maximum absolute atomic E-state index is 12.8. The van der Waals surface area contributed by atoms with Gasteiger partial charge in [-0.05, 0) is 104 Å². The van der Waals surface area contributed by atoms with E-state index in [0.717, 1.165) is 54.7 Å². The van der Waals surface area contributed by atoms with Crippen LogP contribution < -0.4 is 5.32 Å². The topological polar surface area (TPSA) is 83.3 Å². The van der Waals surface area contributed by atoms with Crippen molar-refractivity contribution in [2.45, 2.75) is 85.5 Å². The number of benzene rings is 1. The van der Waals surface area contributed by atoms with Crippen LogP contribution in [-0.2, 0) is 16.1 Å². The fourth-order valence-electron chi connectivity index (χ4n) is 7.22. The maximum atomic E-state index is 12.8. The number of oxime groups is 1. The van der Waals surface area contributed by atoms with Gasteiger partial charge >= 0.3 is 0 Å². The standard InChI is InChI=1S/C28H39N3O3S.C2H6/c1-16(2)35-27(29-5)30-25(33)12-7-18-15-24(31-34-6)28(4)14-13-21-20-10-11-23(32)17(3)19(20)8-9-22(21)26(18)28;1-2/h10-11,18,21-22,26,32H,1,7-9,12-15H2,2-6H3,(H,29,30,33);1-2H3/b31-24+;. The highest BCUT2D eigenvalue weighted by Crippen LogP contribution is 2.62. The predicted octanol–water partition coefficient (Wildman–Crippen LogP) is 6.96. The van der Waals surface area contributed by atoms with Crippen LogP contribution in [0.25, 0.3) is 0 Å². The summed E-state index contributed by atoms with van der Waals surface area (Å²) in [5.41, 5.74) is 4.98. The molecule has 0 radical (unpaired) electrons. The van der Waals surface area contributed by atoms with Crippen molar-refractivity contribution in [3.8, 4) is 5.75 Å². The van der Waals surface area contributed by atoms with E-state index < -0.39 is 0 Å². The average Bonchev–Trinajstić information content (AvgIpc) is 3.17. The minimum absolute atomic E-state index is 0.00522. The molecule has 0 saturated heterocycles. The lowest BCUT2D eigenvalue weighted by atomic mass is 9.53. The van der Waals surface area contributed by atoms with Crippen LogP contribution in [-0.4, -0.2) is 36.1 Å². The minimum Gasteiger partial charge on any atom is -0.508 e. The number of amides is 1. The molecule has 2 fully saturated rings. The third-order valence-corrected chi connectivity index (χ3v) is 9.53. The van der Waals surface area contributed by atoms with Crippen LogP contribution in [0.3, 0.4) is 0 Å². The molecule has 37 heavy (non-hydrogen) atoms. The molecule has 7 heteroatoms. The first-order valence-electron chi connectivity index (χ1n) is 13.7. The van der Waals surface area contributed by atoms with E-state index in [0.29, 0.717) is 41.0 Å². The summed E-state index contributed by atoms with van der Waals surface area (Å²) in [6.07, 6.45) is 6.50. The Morgan fingerprint density at radius 3 is 2.70 bits per heavy atom. The molecule has 1 aromatic rings. The molecule has 0 aliphatic heterocycles. The fourth-order valence-corrected chi connectivity index (χ4v) is 7.81. The second kappa shape index (κ2) is 12.5. The van der Waals surface area contributed by atoms with Crippen molar-refractivity contribution in [1.29, 1.82) is 0 Å². The summed E-state index contributed by atoms with van der Waals surface area (Å²) in [7, 11) is 3.32. The number of phenols is 1. The van der Waals surface area contributed by atoms with Gasteiger partial charge < -0.3 is 15.3 Å². The molecule has 0 heterocycles. The zero-order chi connectivity index (χ0) is 27.3. The van der Waals surface area contributed by atoms with Crippen LogP contribution in [0.1, 0.15) is 88.8 Å². The van der Waals surface area contributed by atoms with Crippen LogP contribution in [0.2, 0.25) is 0 Å². The van der Waals surface area contributed by atoms with Gasteiger partial charge in [-0.2, -0.15) is 0 Å². The third-order valence-electron chi connectivity index (χ3n) is 8.71. The molecule has 5 atom stereocenters. The average molecular weight is 528 g/mol. The molecule has 0 aromatic heterocycles. The number of carbonyl (C=O) groups excluding carboxylic acids is 1. The number of aromatic hydroxyl groups is 1. The molecule has 3 aliphatic carbocycles. The largest absolute Gasteiger partial charge is 0.508 e. The van der Waals surface area contributed by atoms with Gasteiger partial charge in [0.15, 0.2) is 5.17 Å². The number of nitrogens with one attached hydrogen (secondary N) is 1. The van der Waals surface area contributed by atoms with E-state index >= 15 is 0 Å². The minimum atomic E-state index is 0.00522. The van der Waals surface area contributed by atoms with Crippen molar-refractivity contribution >= 4 is 28.5 Å². The van der Waals surface area contributed by atoms with Gasteiger partial charge in [0.2, 0.25) is 5.91 Å². The zero-order valence-electron chi connectivity index (χ0n) is 23.7. The van der Waals surface area contributed by atoms with Crippen LogP contribution in [0.15, 0.2) is 33.8 Å². The van der Waals surface area contributed by atoms with E-state index in [1.807, 2.05) is 33.8 Å². The Bertz CT molecular complexity index is 1070. The van der Waals surface area contributed by atoms with E-state index in [9.17, 15) is 9.90 Å². The summed E-state index contributed by atoms with van der Waals surface area (Å²) in [6.45, 7) is 14.2. The van der Waals surface area contributed by atoms with E-state index in [1.165, 1.54) is 22.9 Å². The molecular weight excluding hydrogens is 482 g/mol. The van der Waals surface area contributed by atoms with Gasteiger partial charge in [0.25, 0.3) is 0 Å². The summed E-state index contributed by atoms with van der Waals surface area (Å²) < 4.78 is 0. The Morgan fingerprint density at radius 2 is 2.05 bits per heavy atom. The van der Waals surface area contributed by atoms with Crippen LogP contribution in [0.4, 0.5) is 0 Å². The predicted molar refractivity (Wildman–Crippen MR) is 155 cm³/mol. The van der Waals surface area contributed by atoms with Crippen molar-refractivity contribution in [3.63, 3.8) is 0 Å². The Labute approximate surface area is 227 Å². The van der Waals surface area contributed by atoms with Gasteiger partial charge in [0.05, 0.1) is 5.71 Å². The summed E-state index contributed by atoms with van der Waals surface area (Å²) >= 11 is 1.39. The molecule has 204 valence electrons. The summed E-state index contributed by atoms with van der Waals surface area (Å²) in [6, 6.07) is 4.03. The van der Waals surface area contributed by atoms with Crippen LogP contribution in [0, 0.1) is 30.1 Å². The lowest BCUT2D eigenvalue weighted by Gasteiger charge is -2.50. The molecule has 5 unspecified atom stereocenters. The van der Waals surface area contributed by atoms with Crippen molar-refractivity contribution < 1.29 is 14.7 Å². The van der Waals surface area contributed by atoms with E-state index in [2.05, 4.69) is 35.0 Å². The van der Waals surface area contributed by atoms with E-state index in [1.54, 1.807) is 14.2 Å². The van der Waals surface area contributed by atoms with E-state index in [4.69, 9.17) is 4.84 Å². The monoisotopic (exact) mass is 527 g/mol. The number of fused-ring (bicyclic) bond motifs is 5. The first-order chi connectivity index (χ1) is 17.7.